The second-order valence-corrected chi connectivity index (χ2v) is 14.5. The summed E-state index contributed by atoms with van der Waals surface area (Å²) in [6.07, 6.45) is -3.85. The van der Waals surface area contributed by atoms with Gasteiger partial charge in [-0.2, -0.15) is 17.5 Å². The van der Waals surface area contributed by atoms with Crippen LogP contribution in [0.15, 0.2) is 41.3 Å². The number of carboxylic acid groups (broad SMARTS) is 1. The molecule has 2 aromatic rings. The average Bonchev–Trinajstić information content (AvgIpc) is 3.15. The first-order valence-corrected chi connectivity index (χ1v) is 20.2. The molecule has 15 nitrogen and oxygen atoms in total. The molecule has 2 rings (SSSR count). The Balaban J connectivity index is 1.81. The van der Waals surface area contributed by atoms with Crippen molar-refractivity contribution in [2.45, 2.75) is 37.3 Å². The Morgan fingerprint density at radius 3 is 1.75 bits per heavy atom. The molecule has 0 aliphatic heterocycles. The Morgan fingerprint density at radius 1 is 0.696 bits per heavy atom. The molecule has 19 heteroatoms. The number of nitrogens with zero attached hydrogens (tertiary/aromatic N) is 3. The Morgan fingerprint density at radius 2 is 1.21 bits per heavy atom. The third-order valence-electron chi connectivity index (χ3n) is 8.25. The Labute approximate surface area is 328 Å². The van der Waals surface area contributed by atoms with Gasteiger partial charge in [0.1, 0.15) is 0 Å². The third-order valence-corrected chi connectivity index (χ3v) is 10.3. The summed E-state index contributed by atoms with van der Waals surface area (Å²) in [5.41, 5.74) is 0.933. The fourth-order valence-corrected chi connectivity index (χ4v) is 7.10. The van der Waals surface area contributed by atoms with Crippen molar-refractivity contribution in [3.05, 3.63) is 36.4 Å². The number of ether oxygens (including phenoxy) is 6. The maximum absolute atomic E-state index is 13.9. The lowest BCUT2D eigenvalue weighted by molar-refractivity contribution is -0.173. The van der Waals surface area contributed by atoms with Crippen LogP contribution in [-0.4, -0.2) is 173 Å². The first-order valence-electron chi connectivity index (χ1n) is 18.7. The molecule has 2 N–H and O–H groups in total. The molecule has 1 amide bonds. The minimum Gasteiger partial charge on any atom is -0.481 e. The minimum absolute atomic E-state index is 0.0644. The van der Waals surface area contributed by atoms with Crippen LogP contribution in [0, 0.1) is 0 Å². The normalized spacial score (nSPS) is 12.2. The number of sulfonamides is 1. The monoisotopic (exact) mass is 824 g/mol. The maximum atomic E-state index is 13.9. The highest BCUT2D eigenvalue weighted by molar-refractivity contribution is 7.89. The summed E-state index contributed by atoms with van der Waals surface area (Å²) in [4.78, 5) is 25.7. The lowest BCUT2D eigenvalue weighted by Gasteiger charge is -2.25. The van der Waals surface area contributed by atoms with Gasteiger partial charge in [-0.05, 0) is 31.5 Å². The Hall–Kier alpha value is -3.14. The van der Waals surface area contributed by atoms with Gasteiger partial charge in [0.05, 0.1) is 77.6 Å². The van der Waals surface area contributed by atoms with Crippen LogP contribution in [0.5, 0.6) is 0 Å². The van der Waals surface area contributed by atoms with Gasteiger partial charge in [-0.25, -0.2) is 8.42 Å². The van der Waals surface area contributed by atoms with E-state index >= 15 is 0 Å². The number of halogens is 3. The van der Waals surface area contributed by atoms with E-state index in [0.717, 1.165) is 11.1 Å². The van der Waals surface area contributed by atoms with Crippen LogP contribution < -0.4 is 10.2 Å². The molecule has 0 atom stereocenters. The number of hydrogen-bond donors (Lipinski definition) is 2. The summed E-state index contributed by atoms with van der Waals surface area (Å²) in [6, 6.07) is 11.0. The quantitative estimate of drug-likeness (QED) is 0.101. The van der Waals surface area contributed by atoms with Crippen LogP contribution in [0.4, 0.5) is 18.9 Å². The van der Waals surface area contributed by atoms with Gasteiger partial charge < -0.3 is 43.7 Å². The number of amides is 1. The summed E-state index contributed by atoms with van der Waals surface area (Å²) >= 11 is 0. The van der Waals surface area contributed by atoms with Gasteiger partial charge in [-0.15, -0.1) is 0 Å². The topological polar surface area (TPSA) is 166 Å². The van der Waals surface area contributed by atoms with Crippen molar-refractivity contribution in [3.8, 4) is 0 Å². The fourth-order valence-electron chi connectivity index (χ4n) is 5.41. The zero-order valence-electron chi connectivity index (χ0n) is 32.7. The molecule has 0 fully saturated rings. The van der Waals surface area contributed by atoms with Crippen LogP contribution in [0.1, 0.15) is 26.2 Å². The van der Waals surface area contributed by atoms with E-state index in [4.69, 9.17) is 33.5 Å². The predicted octanol–water partition coefficient (Wildman–Crippen LogP) is 3.25. The van der Waals surface area contributed by atoms with E-state index in [9.17, 15) is 31.2 Å². The highest BCUT2D eigenvalue weighted by atomic mass is 32.2. The molecule has 0 spiro atoms. The molecule has 0 radical (unpaired) electrons. The van der Waals surface area contributed by atoms with Crippen LogP contribution in [0.25, 0.3) is 10.8 Å². The van der Waals surface area contributed by atoms with Crippen molar-refractivity contribution < 1.29 is 64.7 Å². The van der Waals surface area contributed by atoms with E-state index in [1.807, 2.05) is 50.2 Å². The molecule has 0 aliphatic carbocycles. The zero-order valence-corrected chi connectivity index (χ0v) is 33.5. The van der Waals surface area contributed by atoms with Crippen molar-refractivity contribution in [1.29, 1.82) is 0 Å². The first-order chi connectivity index (χ1) is 26.8. The number of carbonyl (C=O) groups is 2. The molecule has 56 heavy (non-hydrogen) atoms. The molecule has 320 valence electrons. The maximum Gasteiger partial charge on any atom is 0.471 e. The van der Waals surface area contributed by atoms with Gasteiger partial charge in [-0.3, -0.25) is 14.5 Å². The van der Waals surface area contributed by atoms with Gasteiger partial charge >= 0.3 is 18.1 Å². The SMILES string of the molecule is CCN(CCCN(CCOCCOCCOCCCC(=O)O)CCOCCOCCOCCNC(=O)C(F)(F)F)S(=O)(=O)c1cccc2c(N(C)C)cccc12. The lowest BCUT2D eigenvalue weighted by atomic mass is 10.1. The average molecular weight is 825 g/mol. The minimum atomic E-state index is -4.93. The lowest BCUT2D eigenvalue weighted by Crippen LogP contribution is -2.38. The predicted molar refractivity (Wildman–Crippen MR) is 205 cm³/mol. The highest BCUT2D eigenvalue weighted by Gasteiger charge is 2.38. The van der Waals surface area contributed by atoms with Crippen LogP contribution in [-0.2, 0) is 48.0 Å². The van der Waals surface area contributed by atoms with Crippen LogP contribution in [0.2, 0.25) is 0 Å². The van der Waals surface area contributed by atoms with Crippen LogP contribution in [0.3, 0.4) is 0 Å². The number of hydrogen-bond acceptors (Lipinski definition) is 12. The number of fused-ring (bicyclic) bond motifs is 1. The summed E-state index contributed by atoms with van der Waals surface area (Å²) in [5, 5.41) is 11.9. The number of aliphatic carboxylic acids is 1. The Kier molecular flexibility index (Phi) is 24.1. The molecule has 0 aromatic heterocycles. The molecule has 0 bridgehead atoms. The van der Waals surface area contributed by atoms with Crippen molar-refractivity contribution in [2.24, 2.45) is 0 Å². The number of anilines is 1. The second kappa shape index (κ2) is 27.5. The first kappa shape index (κ1) is 49.0. The number of carbonyl (C=O) groups excluding carboxylic acids is 1. The molecule has 0 aliphatic rings. The fraction of sp³-hybridized carbons (Fsp3) is 0.676. The number of alkyl halides is 3. The number of rotatable bonds is 33. The third kappa shape index (κ3) is 19.3. The molecule has 0 saturated heterocycles. The van der Waals surface area contributed by atoms with Gasteiger partial charge in [0.15, 0.2) is 0 Å². The summed E-state index contributed by atoms with van der Waals surface area (Å²) in [6.45, 7) is 7.39. The molecular formula is C37H59F3N4O11S. The van der Waals surface area contributed by atoms with Crippen molar-refractivity contribution in [3.63, 3.8) is 0 Å². The van der Waals surface area contributed by atoms with Gasteiger partial charge in [-0.1, -0.05) is 31.2 Å². The van der Waals surface area contributed by atoms with Crippen LogP contribution >= 0.6 is 0 Å². The zero-order chi connectivity index (χ0) is 41.2. The highest BCUT2D eigenvalue weighted by Crippen LogP contribution is 2.31. The standard InChI is InChI=1S/C37H59F3N4O11S/c1-4-44(56(48,49)34-12-6-9-31-32(34)10-5-11-33(31)42(2)3)16-8-15-43(17-21-52-25-29-54-27-23-50-19-7-13-35(45)46)18-22-53-26-30-55-28-24-51-20-14-41-36(47)37(38,39)40/h5-6,9-12H,4,7-8,13-30H2,1-3H3,(H,41,47)(H,45,46). The second-order valence-electron chi connectivity index (χ2n) is 12.6. The summed E-state index contributed by atoms with van der Waals surface area (Å²) < 4.78 is 98.9. The van der Waals surface area contributed by atoms with Gasteiger partial charge in [0.2, 0.25) is 10.0 Å². The van der Waals surface area contributed by atoms with Crippen molar-refractivity contribution in [1.82, 2.24) is 14.5 Å². The molecule has 0 heterocycles. The van der Waals surface area contributed by atoms with Gasteiger partial charge in [0.25, 0.3) is 0 Å². The van der Waals surface area contributed by atoms with E-state index in [-0.39, 0.29) is 44.3 Å². The van der Waals surface area contributed by atoms with E-state index in [0.29, 0.717) is 104 Å². The smallest absolute Gasteiger partial charge is 0.471 e. The van der Waals surface area contributed by atoms with Gasteiger partial charge in [0, 0.05) is 76.3 Å². The largest absolute Gasteiger partial charge is 0.481 e. The molecule has 0 unspecified atom stereocenters. The number of carboxylic acids is 1. The van der Waals surface area contributed by atoms with E-state index in [1.165, 1.54) is 4.31 Å². The molecule has 0 saturated carbocycles. The van der Waals surface area contributed by atoms with E-state index in [2.05, 4.69) is 4.90 Å². The molecule has 2 aromatic carbocycles. The Bertz CT molecular complexity index is 1520. The molecular weight excluding hydrogens is 765 g/mol. The number of nitrogens with one attached hydrogen (secondary N) is 1. The van der Waals surface area contributed by atoms with Crippen molar-refractivity contribution in [2.75, 3.05) is 138 Å². The summed E-state index contributed by atoms with van der Waals surface area (Å²) in [7, 11) is 0.0575. The van der Waals surface area contributed by atoms with E-state index in [1.54, 1.807) is 17.4 Å². The van der Waals surface area contributed by atoms with E-state index < -0.39 is 28.1 Å². The number of benzene rings is 2. The van der Waals surface area contributed by atoms with Crippen molar-refractivity contribution >= 4 is 38.4 Å². The summed E-state index contributed by atoms with van der Waals surface area (Å²) in [5.74, 6) is -2.87.